The first-order valence-electron chi connectivity index (χ1n) is 7.28. The van der Waals surface area contributed by atoms with Gasteiger partial charge in [-0.2, -0.15) is 0 Å². The van der Waals surface area contributed by atoms with Gasteiger partial charge in [0.25, 0.3) is 11.6 Å². The van der Waals surface area contributed by atoms with Crippen molar-refractivity contribution in [2.75, 3.05) is 5.32 Å². The number of nitrogens with one attached hydrogen (secondary N) is 1. The maximum Gasteiger partial charge on any atom is 0.269 e. The minimum absolute atomic E-state index is 0.0521. The second-order valence-electron chi connectivity index (χ2n) is 5.05. The number of halogens is 1. The number of hydrogen-bond acceptors (Lipinski definition) is 7. The Labute approximate surface area is 161 Å². The zero-order valence-corrected chi connectivity index (χ0v) is 15.5. The van der Waals surface area contributed by atoms with Gasteiger partial charge in [0.2, 0.25) is 5.13 Å². The molecule has 1 N–H and O–H groups in total. The number of carbonyl (C=O) groups is 1. The molecule has 7 nitrogen and oxygen atoms in total. The van der Waals surface area contributed by atoms with Crippen molar-refractivity contribution in [3.8, 4) is 0 Å². The summed E-state index contributed by atoms with van der Waals surface area (Å²) in [5, 5.41) is 22.4. The molecule has 3 aromatic rings. The van der Waals surface area contributed by atoms with Crippen LogP contribution in [0.4, 0.5) is 10.8 Å². The predicted molar refractivity (Wildman–Crippen MR) is 102 cm³/mol. The second kappa shape index (κ2) is 8.26. The molecular weight excluding hydrogens is 396 g/mol. The average molecular weight is 407 g/mol. The largest absolute Gasteiger partial charge is 0.296 e. The summed E-state index contributed by atoms with van der Waals surface area (Å²) >= 11 is 8.43. The summed E-state index contributed by atoms with van der Waals surface area (Å²) in [6, 6.07) is 12.9. The van der Waals surface area contributed by atoms with Gasteiger partial charge in [-0.25, -0.2) is 0 Å². The van der Waals surface area contributed by atoms with Crippen LogP contribution in [0.3, 0.4) is 0 Å². The molecule has 0 saturated heterocycles. The Bertz CT molecular complexity index is 947. The maximum atomic E-state index is 12.1. The summed E-state index contributed by atoms with van der Waals surface area (Å²) < 4.78 is 0.655. The van der Waals surface area contributed by atoms with Gasteiger partial charge in [-0.1, -0.05) is 46.8 Å². The smallest absolute Gasteiger partial charge is 0.269 e. The summed E-state index contributed by atoms with van der Waals surface area (Å²) in [5.41, 5.74) is 1.33. The Kier molecular flexibility index (Phi) is 5.82. The van der Waals surface area contributed by atoms with Crippen molar-refractivity contribution in [2.24, 2.45) is 0 Å². The van der Waals surface area contributed by atoms with Crippen LogP contribution in [0.5, 0.6) is 0 Å². The fraction of sp³-hybridized carbons (Fsp3) is 0.0625. The number of non-ortho nitro benzene ring substituents is 1. The van der Waals surface area contributed by atoms with Gasteiger partial charge in [0.15, 0.2) is 4.34 Å². The molecule has 0 unspecified atom stereocenters. The van der Waals surface area contributed by atoms with Crippen molar-refractivity contribution in [1.82, 2.24) is 10.2 Å². The first-order chi connectivity index (χ1) is 12.5. The lowest BCUT2D eigenvalue weighted by Gasteiger charge is -2.00. The summed E-state index contributed by atoms with van der Waals surface area (Å²) in [7, 11) is 0. The van der Waals surface area contributed by atoms with Crippen LogP contribution in [-0.4, -0.2) is 21.0 Å². The molecule has 0 bridgehead atoms. The van der Waals surface area contributed by atoms with Gasteiger partial charge in [0, 0.05) is 28.5 Å². The number of anilines is 1. The molecule has 3 rings (SSSR count). The number of benzene rings is 2. The molecule has 26 heavy (non-hydrogen) atoms. The first-order valence-corrected chi connectivity index (χ1v) is 9.46. The van der Waals surface area contributed by atoms with Gasteiger partial charge in [0.1, 0.15) is 0 Å². The highest BCUT2D eigenvalue weighted by molar-refractivity contribution is 8.00. The Morgan fingerprint density at radius 3 is 2.73 bits per heavy atom. The first kappa shape index (κ1) is 18.3. The summed E-state index contributed by atoms with van der Waals surface area (Å²) in [5.74, 6) is 0.217. The number of nitro groups is 1. The molecule has 1 amide bonds. The van der Waals surface area contributed by atoms with E-state index in [-0.39, 0.29) is 11.6 Å². The van der Waals surface area contributed by atoms with Crippen molar-refractivity contribution >= 4 is 51.4 Å². The van der Waals surface area contributed by atoms with Gasteiger partial charge in [-0.15, -0.1) is 10.2 Å². The number of amides is 1. The predicted octanol–water partition coefficient (Wildman–Crippen LogP) is 4.64. The minimum Gasteiger partial charge on any atom is -0.296 e. The molecule has 0 atom stereocenters. The number of aromatic nitrogens is 2. The topological polar surface area (TPSA) is 98.0 Å². The third-order valence-corrected chi connectivity index (χ3v) is 5.51. The van der Waals surface area contributed by atoms with Crippen molar-refractivity contribution in [3.05, 3.63) is 74.8 Å². The van der Waals surface area contributed by atoms with E-state index >= 15 is 0 Å². The van der Waals surface area contributed by atoms with Crippen LogP contribution in [0, 0.1) is 10.1 Å². The molecule has 1 aromatic heterocycles. The van der Waals surface area contributed by atoms with Crippen LogP contribution in [-0.2, 0) is 5.75 Å². The van der Waals surface area contributed by atoms with Crippen molar-refractivity contribution in [3.63, 3.8) is 0 Å². The molecule has 10 heteroatoms. The zero-order valence-electron chi connectivity index (χ0n) is 13.1. The Morgan fingerprint density at radius 1 is 1.23 bits per heavy atom. The Hall–Kier alpha value is -2.49. The number of hydrogen-bond donors (Lipinski definition) is 1. The molecule has 0 aliphatic rings. The number of nitrogens with zero attached hydrogens (tertiary/aromatic N) is 3. The average Bonchev–Trinajstić information content (AvgIpc) is 3.08. The number of carbonyl (C=O) groups excluding carboxylic acids is 1. The van der Waals surface area contributed by atoms with E-state index in [0.717, 1.165) is 5.56 Å². The Morgan fingerprint density at radius 2 is 2.00 bits per heavy atom. The van der Waals surface area contributed by atoms with Crippen LogP contribution in [0.25, 0.3) is 0 Å². The normalized spacial score (nSPS) is 10.5. The minimum atomic E-state index is -0.427. The van der Waals surface area contributed by atoms with Crippen molar-refractivity contribution in [1.29, 1.82) is 0 Å². The fourth-order valence-electron chi connectivity index (χ4n) is 1.99. The van der Waals surface area contributed by atoms with Gasteiger partial charge in [-0.05, 0) is 29.8 Å². The maximum absolute atomic E-state index is 12.1. The number of rotatable bonds is 6. The lowest BCUT2D eigenvalue weighted by Crippen LogP contribution is -2.11. The van der Waals surface area contributed by atoms with Gasteiger partial charge < -0.3 is 0 Å². The van der Waals surface area contributed by atoms with Crippen molar-refractivity contribution < 1.29 is 9.72 Å². The third kappa shape index (κ3) is 4.78. The van der Waals surface area contributed by atoms with E-state index in [2.05, 4.69) is 15.5 Å². The second-order valence-corrected chi connectivity index (χ2v) is 7.69. The highest BCUT2D eigenvalue weighted by Crippen LogP contribution is 2.29. The van der Waals surface area contributed by atoms with E-state index in [9.17, 15) is 14.9 Å². The molecule has 0 radical (unpaired) electrons. The van der Waals surface area contributed by atoms with E-state index in [0.29, 0.717) is 25.8 Å². The molecule has 1 heterocycles. The Balaban J connectivity index is 1.59. The van der Waals surface area contributed by atoms with Crippen LogP contribution >= 0.6 is 34.7 Å². The third-order valence-electron chi connectivity index (χ3n) is 3.22. The highest BCUT2D eigenvalue weighted by Gasteiger charge is 2.11. The molecule has 0 aliphatic carbocycles. The van der Waals surface area contributed by atoms with Gasteiger partial charge in [-0.3, -0.25) is 20.2 Å². The lowest BCUT2D eigenvalue weighted by atomic mass is 10.2. The van der Waals surface area contributed by atoms with E-state index in [1.54, 1.807) is 30.3 Å². The quantitative estimate of drug-likeness (QED) is 0.277. The number of nitro benzene ring substituents is 1. The lowest BCUT2D eigenvalue weighted by molar-refractivity contribution is -0.384. The van der Waals surface area contributed by atoms with Crippen LogP contribution in [0.15, 0.2) is 52.9 Å². The summed E-state index contributed by atoms with van der Waals surface area (Å²) in [6.07, 6.45) is 0. The zero-order chi connectivity index (χ0) is 18.5. The number of thioether (sulfide) groups is 1. The monoisotopic (exact) mass is 406 g/mol. The standard InChI is InChI=1S/C16H11ClN4O3S2/c17-12-6-4-11(5-7-12)14(22)18-15-19-20-16(26-15)25-9-10-2-1-3-13(8-10)21(23)24/h1-8H,9H2,(H,18,19,22). The van der Waals surface area contributed by atoms with Crippen LogP contribution in [0.1, 0.15) is 15.9 Å². The van der Waals surface area contributed by atoms with Crippen LogP contribution < -0.4 is 5.32 Å². The van der Waals surface area contributed by atoms with E-state index < -0.39 is 4.92 Å². The van der Waals surface area contributed by atoms with E-state index in [4.69, 9.17) is 11.6 Å². The summed E-state index contributed by atoms with van der Waals surface area (Å²) in [6.45, 7) is 0. The molecule has 2 aromatic carbocycles. The fourth-order valence-corrected chi connectivity index (χ4v) is 3.81. The van der Waals surface area contributed by atoms with Crippen molar-refractivity contribution in [2.45, 2.75) is 10.1 Å². The van der Waals surface area contributed by atoms with Gasteiger partial charge in [0.05, 0.1) is 4.92 Å². The SMILES string of the molecule is O=C(Nc1nnc(SCc2cccc([N+](=O)[O-])c2)s1)c1ccc(Cl)cc1. The molecule has 0 aliphatic heterocycles. The van der Waals surface area contributed by atoms with E-state index in [1.807, 2.05) is 6.07 Å². The van der Waals surface area contributed by atoms with E-state index in [1.165, 1.54) is 35.2 Å². The molecule has 0 saturated carbocycles. The molecular formula is C16H11ClN4O3S2. The molecule has 0 fully saturated rings. The molecule has 132 valence electrons. The van der Waals surface area contributed by atoms with Crippen LogP contribution in [0.2, 0.25) is 5.02 Å². The molecule has 0 spiro atoms. The highest BCUT2D eigenvalue weighted by atomic mass is 35.5. The summed E-state index contributed by atoms with van der Waals surface area (Å²) in [4.78, 5) is 22.5. The van der Waals surface area contributed by atoms with Gasteiger partial charge >= 0.3 is 0 Å².